The Bertz CT molecular complexity index is 517. The highest BCUT2D eigenvalue weighted by atomic mass is 16.7. The van der Waals surface area contributed by atoms with Gasteiger partial charge in [0.25, 0.3) is 11.8 Å². The molecular formula is C20H40N4O5. The smallest absolute Gasteiger partial charge is 0.275 e. The molecule has 0 radical (unpaired) electrons. The molecule has 0 unspecified atom stereocenters. The van der Waals surface area contributed by atoms with Crippen LogP contribution in [0.4, 0.5) is 0 Å². The third-order valence-corrected chi connectivity index (χ3v) is 4.02. The van der Waals surface area contributed by atoms with Gasteiger partial charge < -0.3 is 11.1 Å². The molecule has 0 aromatic carbocycles. The molecule has 0 rings (SSSR count). The molecule has 9 nitrogen and oxygen atoms in total. The van der Waals surface area contributed by atoms with Crippen molar-refractivity contribution in [2.24, 2.45) is 23.0 Å². The SMILES string of the molecule is CC(C)CNC(=O)[C@@H](CCCCN)ONC(=O)[C@H](ONC(=O)C(C)(C)C)C(C)C. The van der Waals surface area contributed by atoms with Crippen LogP contribution in [0, 0.1) is 17.3 Å². The average molecular weight is 417 g/mol. The van der Waals surface area contributed by atoms with Crippen LogP contribution in [0.5, 0.6) is 0 Å². The molecule has 0 aromatic heterocycles. The van der Waals surface area contributed by atoms with E-state index in [-0.39, 0.29) is 17.7 Å². The summed E-state index contributed by atoms with van der Waals surface area (Å²) in [7, 11) is 0. The highest BCUT2D eigenvalue weighted by molar-refractivity contribution is 5.83. The minimum Gasteiger partial charge on any atom is -0.354 e. The van der Waals surface area contributed by atoms with Gasteiger partial charge in [-0.05, 0) is 37.6 Å². The third-order valence-electron chi connectivity index (χ3n) is 4.02. The van der Waals surface area contributed by atoms with E-state index in [0.29, 0.717) is 31.8 Å². The standard InChI is InChI=1S/C20H40N4O5/c1-13(2)12-22-17(25)15(10-8-9-11-21)28-23-18(26)16(14(3)4)29-24-19(27)20(5,6)7/h13-16H,8-12,21H2,1-7H3,(H,22,25)(H,23,26)(H,24,27)/t15-,16-/m1/s1. The van der Waals surface area contributed by atoms with E-state index in [0.717, 1.165) is 6.42 Å². The lowest BCUT2D eigenvalue weighted by molar-refractivity contribution is -0.168. The van der Waals surface area contributed by atoms with Crippen molar-refractivity contribution in [2.45, 2.75) is 79.9 Å². The number of nitrogens with one attached hydrogen (secondary N) is 3. The number of carbonyl (C=O) groups is 3. The Hall–Kier alpha value is -1.71. The van der Waals surface area contributed by atoms with Crippen LogP contribution in [0.25, 0.3) is 0 Å². The van der Waals surface area contributed by atoms with E-state index in [1.165, 1.54) is 0 Å². The molecule has 0 fully saturated rings. The van der Waals surface area contributed by atoms with E-state index in [4.69, 9.17) is 15.4 Å². The van der Waals surface area contributed by atoms with E-state index >= 15 is 0 Å². The Morgan fingerprint density at radius 3 is 2.03 bits per heavy atom. The van der Waals surface area contributed by atoms with Crippen molar-refractivity contribution >= 4 is 17.7 Å². The van der Waals surface area contributed by atoms with E-state index < -0.39 is 23.5 Å². The summed E-state index contributed by atoms with van der Waals surface area (Å²) in [6.45, 7) is 13.8. The van der Waals surface area contributed by atoms with Crippen LogP contribution in [-0.4, -0.2) is 43.0 Å². The monoisotopic (exact) mass is 416 g/mol. The Labute approximate surface area is 174 Å². The van der Waals surface area contributed by atoms with Crippen LogP contribution in [0.3, 0.4) is 0 Å². The summed E-state index contributed by atoms with van der Waals surface area (Å²) in [4.78, 5) is 47.6. The zero-order chi connectivity index (χ0) is 22.6. The summed E-state index contributed by atoms with van der Waals surface area (Å²) in [5.41, 5.74) is 9.49. The summed E-state index contributed by atoms with van der Waals surface area (Å²) in [5, 5.41) is 2.81. The minimum atomic E-state index is -0.968. The van der Waals surface area contributed by atoms with Gasteiger partial charge in [0.15, 0.2) is 12.2 Å². The van der Waals surface area contributed by atoms with Crippen LogP contribution in [0.15, 0.2) is 0 Å². The van der Waals surface area contributed by atoms with Gasteiger partial charge in [0.2, 0.25) is 5.91 Å². The Morgan fingerprint density at radius 1 is 0.931 bits per heavy atom. The molecular weight excluding hydrogens is 376 g/mol. The Kier molecular flexibility index (Phi) is 12.7. The van der Waals surface area contributed by atoms with E-state index in [1.54, 1.807) is 34.6 Å². The molecule has 0 saturated carbocycles. The molecule has 9 heteroatoms. The van der Waals surface area contributed by atoms with Gasteiger partial charge in [-0.3, -0.25) is 24.1 Å². The van der Waals surface area contributed by atoms with Gasteiger partial charge in [0.1, 0.15) is 0 Å². The third kappa shape index (κ3) is 11.8. The number of hydrogen-bond donors (Lipinski definition) is 4. The second kappa shape index (κ2) is 13.5. The molecule has 0 aliphatic heterocycles. The van der Waals surface area contributed by atoms with Crippen LogP contribution in [0.1, 0.15) is 67.7 Å². The van der Waals surface area contributed by atoms with E-state index in [2.05, 4.69) is 16.3 Å². The van der Waals surface area contributed by atoms with Crippen LogP contribution in [0.2, 0.25) is 0 Å². The van der Waals surface area contributed by atoms with Gasteiger partial charge in [-0.1, -0.05) is 48.5 Å². The lowest BCUT2D eigenvalue weighted by atomic mass is 9.96. The fraction of sp³-hybridized carbons (Fsp3) is 0.850. The topological polar surface area (TPSA) is 132 Å². The summed E-state index contributed by atoms with van der Waals surface area (Å²) < 4.78 is 0. The number of amides is 3. The summed E-state index contributed by atoms with van der Waals surface area (Å²) in [5.74, 6) is -1.15. The van der Waals surface area contributed by atoms with Gasteiger partial charge in [0.05, 0.1) is 0 Å². The molecule has 0 bridgehead atoms. The van der Waals surface area contributed by atoms with Crippen molar-refractivity contribution in [2.75, 3.05) is 13.1 Å². The van der Waals surface area contributed by atoms with Crippen molar-refractivity contribution in [3.8, 4) is 0 Å². The number of hydroxylamine groups is 2. The Morgan fingerprint density at radius 2 is 1.55 bits per heavy atom. The van der Waals surface area contributed by atoms with Crippen molar-refractivity contribution in [1.82, 2.24) is 16.3 Å². The zero-order valence-electron chi connectivity index (χ0n) is 19.0. The van der Waals surface area contributed by atoms with Gasteiger partial charge in [-0.2, -0.15) is 0 Å². The molecule has 29 heavy (non-hydrogen) atoms. The summed E-state index contributed by atoms with van der Waals surface area (Å²) in [6.07, 6.45) is 0.0701. The van der Waals surface area contributed by atoms with Gasteiger partial charge in [-0.15, -0.1) is 0 Å². The van der Waals surface area contributed by atoms with Crippen molar-refractivity contribution in [3.05, 3.63) is 0 Å². The van der Waals surface area contributed by atoms with Gasteiger partial charge in [-0.25, -0.2) is 11.0 Å². The summed E-state index contributed by atoms with van der Waals surface area (Å²) >= 11 is 0. The van der Waals surface area contributed by atoms with Crippen LogP contribution < -0.4 is 22.0 Å². The molecule has 0 spiro atoms. The van der Waals surface area contributed by atoms with E-state index in [9.17, 15) is 14.4 Å². The predicted molar refractivity (Wildman–Crippen MR) is 111 cm³/mol. The molecule has 2 atom stereocenters. The first-order chi connectivity index (χ1) is 13.4. The zero-order valence-corrected chi connectivity index (χ0v) is 19.0. The quantitative estimate of drug-likeness (QED) is 0.265. The second-order valence-corrected chi connectivity index (χ2v) is 8.96. The number of rotatable bonds is 13. The highest BCUT2D eigenvalue weighted by Gasteiger charge is 2.29. The van der Waals surface area contributed by atoms with Gasteiger partial charge >= 0.3 is 0 Å². The Balaban J connectivity index is 4.86. The van der Waals surface area contributed by atoms with Gasteiger partial charge in [0, 0.05) is 12.0 Å². The maximum absolute atomic E-state index is 12.5. The van der Waals surface area contributed by atoms with Crippen LogP contribution in [-0.2, 0) is 24.1 Å². The molecule has 0 heterocycles. The molecule has 0 aliphatic rings. The number of hydrogen-bond acceptors (Lipinski definition) is 6. The van der Waals surface area contributed by atoms with E-state index in [1.807, 2.05) is 13.8 Å². The highest BCUT2D eigenvalue weighted by Crippen LogP contribution is 2.14. The van der Waals surface area contributed by atoms with Crippen molar-refractivity contribution in [1.29, 1.82) is 0 Å². The predicted octanol–water partition coefficient (Wildman–Crippen LogP) is 1.42. The normalized spacial score (nSPS) is 13.9. The number of carbonyl (C=O) groups excluding carboxylic acids is 3. The second-order valence-electron chi connectivity index (χ2n) is 8.96. The molecule has 5 N–H and O–H groups in total. The lowest BCUT2D eigenvalue weighted by Crippen LogP contribution is -2.48. The molecule has 3 amide bonds. The lowest BCUT2D eigenvalue weighted by Gasteiger charge is -2.24. The summed E-state index contributed by atoms with van der Waals surface area (Å²) in [6, 6.07) is 0. The first kappa shape index (κ1) is 27.3. The maximum atomic E-state index is 12.5. The number of unbranched alkanes of at least 4 members (excludes halogenated alkanes) is 1. The first-order valence-electron chi connectivity index (χ1n) is 10.3. The fourth-order valence-electron chi connectivity index (χ4n) is 2.09. The van der Waals surface area contributed by atoms with Crippen molar-refractivity contribution in [3.63, 3.8) is 0 Å². The molecule has 0 aromatic rings. The fourth-order valence-corrected chi connectivity index (χ4v) is 2.09. The molecule has 0 aliphatic carbocycles. The van der Waals surface area contributed by atoms with Crippen LogP contribution >= 0.6 is 0 Å². The minimum absolute atomic E-state index is 0.232. The first-order valence-corrected chi connectivity index (χ1v) is 10.3. The molecule has 170 valence electrons. The van der Waals surface area contributed by atoms with Crippen molar-refractivity contribution < 1.29 is 24.1 Å². The average Bonchev–Trinajstić information content (AvgIpc) is 2.61. The maximum Gasteiger partial charge on any atom is 0.275 e. The number of nitrogens with two attached hydrogens (primary N) is 1. The largest absolute Gasteiger partial charge is 0.354 e. The molecule has 0 saturated heterocycles.